The van der Waals surface area contributed by atoms with Gasteiger partial charge in [0.25, 0.3) is 0 Å². The number of nitrogens with one attached hydrogen (secondary N) is 1. The Labute approximate surface area is 178 Å². The standard InChI is InChI=1S/C22H23ClF3NO3/c1-14(2)10-11-30-19-8-4-15(12-20(19)29-3)5-9-21(28)27-18-13-16(22(24,25)26)6-7-17(18)23/h4-9,12-14H,10-11H2,1-3H3,(H,27,28). The molecule has 0 saturated heterocycles. The zero-order valence-electron chi connectivity index (χ0n) is 16.8. The topological polar surface area (TPSA) is 47.6 Å². The maximum Gasteiger partial charge on any atom is 0.416 e. The third-order valence-corrected chi connectivity index (χ3v) is 4.45. The fourth-order valence-corrected chi connectivity index (χ4v) is 2.62. The number of rotatable bonds is 8. The van der Waals surface area contributed by atoms with Gasteiger partial charge in [0.1, 0.15) is 0 Å². The number of carbonyl (C=O) groups is 1. The van der Waals surface area contributed by atoms with E-state index >= 15 is 0 Å². The maximum absolute atomic E-state index is 12.8. The van der Waals surface area contributed by atoms with Gasteiger partial charge < -0.3 is 14.8 Å². The number of anilines is 1. The lowest BCUT2D eigenvalue weighted by Gasteiger charge is -2.12. The highest BCUT2D eigenvalue weighted by Crippen LogP contribution is 2.34. The Hall–Kier alpha value is -2.67. The van der Waals surface area contributed by atoms with E-state index < -0.39 is 17.6 Å². The van der Waals surface area contributed by atoms with Crippen molar-refractivity contribution in [3.05, 3.63) is 58.6 Å². The van der Waals surface area contributed by atoms with E-state index in [-0.39, 0.29) is 10.7 Å². The van der Waals surface area contributed by atoms with Gasteiger partial charge in [-0.15, -0.1) is 0 Å². The molecule has 0 heterocycles. The van der Waals surface area contributed by atoms with Gasteiger partial charge in [0.15, 0.2) is 11.5 Å². The zero-order chi connectivity index (χ0) is 22.3. The summed E-state index contributed by atoms with van der Waals surface area (Å²) in [6.07, 6.45) is -0.916. The van der Waals surface area contributed by atoms with Crippen LogP contribution in [0.15, 0.2) is 42.5 Å². The summed E-state index contributed by atoms with van der Waals surface area (Å²) in [5.74, 6) is 1.01. The van der Waals surface area contributed by atoms with Gasteiger partial charge in [0.2, 0.25) is 5.91 Å². The Morgan fingerprint density at radius 1 is 1.17 bits per heavy atom. The molecule has 0 unspecified atom stereocenters. The molecular weight excluding hydrogens is 419 g/mol. The van der Waals surface area contributed by atoms with Crippen LogP contribution >= 0.6 is 11.6 Å². The van der Waals surface area contributed by atoms with Crippen LogP contribution in [0.3, 0.4) is 0 Å². The molecule has 4 nitrogen and oxygen atoms in total. The van der Waals surface area contributed by atoms with E-state index in [1.54, 1.807) is 18.2 Å². The van der Waals surface area contributed by atoms with Crippen LogP contribution in [-0.2, 0) is 11.0 Å². The Bertz CT molecular complexity index is 911. The Morgan fingerprint density at radius 3 is 2.53 bits per heavy atom. The molecule has 0 saturated carbocycles. The lowest BCUT2D eigenvalue weighted by molar-refractivity contribution is -0.137. The number of alkyl halides is 3. The van der Waals surface area contributed by atoms with Crippen molar-refractivity contribution in [2.45, 2.75) is 26.4 Å². The second kappa shape index (κ2) is 10.4. The summed E-state index contributed by atoms with van der Waals surface area (Å²) < 4.78 is 49.5. The minimum atomic E-state index is -4.53. The molecule has 0 atom stereocenters. The second-order valence-electron chi connectivity index (χ2n) is 6.96. The number of amides is 1. The van der Waals surface area contributed by atoms with Crippen molar-refractivity contribution in [2.75, 3.05) is 19.0 Å². The quantitative estimate of drug-likeness (QED) is 0.479. The highest BCUT2D eigenvalue weighted by atomic mass is 35.5. The van der Waals surface area contributed by atoms with Crippen LogP contribution in [0.4, 0.5) is 18.9 Å². The molecule has 2 aromatic carbocycles. The average Bonchev–Trinajstić information content (AvgIpc) is 2.67. The molecule has 0 aromatic heterocycles. The second-order valence-corrected chi connectivity index (χ2v) is 7.36. The summed E-state index contributed by atoms with van der Waals surface area (Å²) in [4.78, 5) is 12.1. The molecule has 0 fully saturated rings. The lowest BCUT2D eigenvalue weighted by Crippen LogP contribution is -2.11. The monoisotopic (exact) mass is 441 g/mol. The molecule has 1 N–H and O–H groups in total. The van der Waals surface area contributed by atoms with Crippen molar-refractivity contribution in [1.29, 1.82) is 0 Å². The van der Waals surface area contributed by atoms with E-state index in [0.29, 0.717) is 29.6 Å². The molecule has 0 aliphatic heterocycles. The molecule has 0 bridgehead atoms. The summed E-state index contributed by atoms with van der Waals surface area (Å²) in [7, 11) is 1.51. The van der Waals surface area contributed by atoms with E-state index in [0.717, 1.165) is 24.6 Å². The van der Waals surface area contributed by atoms with Crippen LogP contribution in [0.5, 0.6) is 11.5 Å². The Morgan fingerprint density at radius 2 is 1.90 bits per heavy atom. The molecule has 0 spiro atoms. The number of halogens is 4. The number of benzene rings is 2. The number of ether oxygens (including phenoxy) is 2. The van der Waals surface area contributed by atoms with Crippen molar-refractivity contribution in [1.82, 2.24) is 0 Å². The summed E-state index contributed by atoms with van der Waals surface area (Å²) in [6.45, 7) is 4.77. The predicted molar refractivity (Wildman–Crippen MR) is 112 cm³/mol. The third-order valence-electron chi connectivity index (χ3n) is 4.12. The van der Waals surface area contributed by atoms with Crippen molar-refractivity contribution in [3.8, 4) is 11.5 Å². The number of carbonyl (C=O) groups excluding carboxylic acids is 1. The van der Waals surface area contributed by atoms with E-state index in [4.69, 9.17) is 21.1 Å². The molecule has 2 aromatic rings. The van der Waals surface area contributed by atoms with Crippen LogP contribution < -0.4 is 14.8 Å². The van der Waals surface area contributed by atoms with Gasteiger partial charge >= 0.3 is 6.18 Å². The highest BCUT2D eigenvalue weighted by Gasteiger charge is 2.31. The molecule has 8 heteroatoms. The minimum Gasteiger partial charge on any atom is -0.493 e. The smallest absolute Gasteiger partial charge is 0.416 e. The van der Waals surface area contributed by atoms with E-state index in [1.807, 2.05) is 0 Å². The number of methoxy groups -OCH3 is 1. The van der Waals surface area contributed by atoms with Gasteiger partial charge in [-0.3, -0.25) is 4.79 Å². The minimum absolute atomic E-state index is 0.00863. The molecule has 0 aliphatic rings. The van der Waals surface area contributed by atoms with Crippen LogP contribution in [0, 0.1) is 5.92 Å². The first-order chi connectivity index (χ1) is 14.1. The first-order valence-electron chi connectivity index (χ1n) is 9.26. The van der Waals surface area contributed by atoms with Crippen LogP contribution in [-0.4, -0.2) is 19.6 Å². The highest BCUT2D eigenvalue weighted by molar-refractivity contribution is 6.33. The summed E-state index contributed by atoms with van der Waals surface area (Å²) >= 11 is 5.89. The Balaban J connectivity index is 2.07. The fraction of sp³-hybridized carbons (Fsp3) is 0.318. The average molecular weight is 442 g/mol. The maximum atomic E-state index is 12.8. The van der Waals surface area contributed by atoms with Gasteiger partial charge in [-0.1, -0.05) is 31.5 Å². The molecule has 162 valence electrons. The Kier molecular flexibility index (Phi) is 8.17. The van der Waals surface area contributed by atoms with Crippen LogP contribution in [0.2, 0.25) is 5.02 Å². The first-order valence-corrected chi connectivity index (χ1v) is 9.64. The largest absolute Gasteiger partial charge is 0.493 e. The van der Waals surface area contributed by atoms with Gasteiger partial charge in [0.05, 0.1) is 30.0 Å². The number of hydrogen-bond acceptors (Lipinski definition) is 3. The molecule has 30 heavy (non-hydrogen) atoms. The molecule has 0 aliphatic carbocycles. The molecule has 0 radical (unpaired) electrons. The van der Waals surface area contributed by atoms with E-state index in [2.05, 4.69) is 19.2 Å². The fourth-order valence-electron chi connectivity index (χ4n) is 2.46. The van der Waals surface area contributed by atoms with Crippen molar-refractivity contribution in [2.24, 2.45) is 5.92 Å². The van der Waals surface area contributed by atoms with Gasteiger partial charge in [-0.05, 0) is 54.3 Å². The SMILES string of the molecule is COc1cc(C=CC(=O)Nc2cc(C(F)(F)F)ccc2Cl)ccc1OCCC(C)C. The normalized spacial score (nSPS) is 11.7. The first kappa shape index (κ1) is 23.6. The van der Waals surface area contributed by atoms with Gasteiger partial charge in [0, 0.05) is 6.08 Å². The predicted octanol–water partition coefficient (Wildman–Crippen LogP) is 6.44. The lowest BCUT2D eigenvalue weighted by atomic mass is 10.1. The van der Waals surface area contributed by atoms with Gasteiger partial charge in [-0.25, -0.2) is 0 Å². The van der Waals surface area contributed by atoms with Crippen molar-refractivity contribution >= 4 is 29.3 Å². The van der Waals surface area contributed by atoms with E-state index in [1.165, 1.54) is 19.3 Å². The third kappa shape index (κ3) is 6.99. The van der Waals surface area contributed by atoms with Crippen LogP contribution in [0.25, 0.3) is 6.08 Å². The van der Waals surface area contributed by atoms with E-state index in [9.17, 15) is 18.0 Å². The van der Waals surface area contributed by atoms with Gasteiger partial charge in [-0.2, -0.15) is 13.2 Å². The molecular formula is C22H23ClF3NO3. The molecule has 1 amide bonds. The van der Waals surface area contributed by atoms with Crippen LogP contribution in [0.1, 0.15) is 31.4 Å². The number of hydrogen-bond donors (Lipinski definition) is 1. The summed E-state index contributed by atoms with van der Waals surface area (Å²) in [6, 6.07) is 7.91. The van der Waals surface area contributed by atoms with Crippen molar-refractivity contribution < 1.29 is 27.4 Å². The zero-order valence-corrected chi connectivity index (χ0v) is 17.6. The molecule has 2 rings (SSSR count). The summed E-state index contributed by atoms with van der Waals surface area (Å²) in [5, 5.41) is 2.37. The summed E-state index contributed by atoms with van der Waals surface area (Å²) in [5.41, 5.74) is -0.357. The van der Waals surface area contributed by atoms with Crippen molar-refractivity contribution in [3.63, 3.8) is 0 Å².